The minimum Gasteiger partial charge on any atom is -0.390 e. The van der Waals surface area contributed by atoms with E-state index in [0.29, 0.717) is 12.0 Å². The Morgan fingerprint density at radius 1 is 1.40 bits per heavy atom. The van der Waals surface area contributed by atoms with E-state index < -0.39 is 0 Å². The first-order valence-electron chi connectivity index (χ1n) is 6.49. The van der Waals surface area contributed by atoms with Gasteiger partial charge in [0.2, 0.25) is 0 Å². The Bertz CT molecular complexity index is 173. The summed E-state index contributed by atoms with van der Waals surface area (Å²) in [7, 11) is 2.02. The van der Waals surface area contributed by atoms with Crippen LogP contribution < -0.4 is 5.32 Å². The largest absolute Gasteiger partial charge is 0.390 e. The van der Waals surface area contributed by atoms with Crippen molar-refractivity contribution in [2.24, 2.45) is 5.92 Å². The van der Waals surface area contributed by atoms with E-state index in [9.17, 15) is 5.11 Å². The van der Waals surface area contributed by atoms with Crippen LogP contribution >= 0.6 is 0 Å². The third kappa shape index (κ3) is 4.12. The maximum atomic E-state index is 10.5. The van der Waals surface area contributed by atoms with Crippen molar-refractivity contribution in [1.82, 2.24) is 5.32 Å². The van der Waals surface area contributed by atoms with Gasteiger partial charge in [0.25, 0.3) is 0 Å². The smallest absolute Gasteiger partial charge is 0.0651 e. The fourth-order valence-electron chi connectivity index (χ4n) is 2.89. The summed E-state index contributed by atoms with van der Waals surface area (Å²) in [5, 5.41) is 13.8. The highest BCUT2D eigenvalue weighted by molar-refractivity contribution is 4.88. The molecule has 90 valence electrons. The van der Waals surface area contributed by atoms with Crippen molar-refractivity contribution >= 4 is 0 Å². The molecule has 0 heterocycles. The van der Waals surface area contributed by atoms with E-state index in [4.69, 9.17) is 0 Å². The monoisotopic (exact) mass is 213 g/mol. The van der Waals surface area contributed by atoms with E-state index >= 15 is 0 Å². The van der Waals surface area contributed by atoms with Crippen molar-refractivity contribution < 1.29 is 5.11 Å². The summed E-state index contributed by atoms with van der Waals surface area (Å²) in [6.07, 6.45) is 7.70. The molecule has 1 rings (SSSR count). The number of hydrogen-bond acceptors (Lipinski definition) is 2. The van der Waals surface area contributed by atoms with E-state index in [-0.39, 0.29) is 5.60 Å². The summed E-state index contributed by atoms with van der Waals surface area (Å²) in [6.45, 7) is 4.49. The molecule has 1 aliphatic rings. The van der Waals surface area contributed by atoms with Crippen LogP contribution in [0, 0.1) is 5.92 Å². The quantitative estimate of drug-likeness (QED) is 0.736. The van der Waals surface area contributed by atoms with Gasteiger partial charge in [-0.15, -0.1) is 0 Å². The van der Waals surface area contributed by atoms with E-state index in [1.807, 2.05) is 7.05 Å². The average Bonchev–Trinajstić information content (AvgIpc) is 2.18. The minimum atomic E-state index is -0.359. The fraction of sp³-hybridized carbons (Fsp3) is 1.00. The summed E-state index contributed by atoms with van der Waals surface area (Å²) >= 11 is 0. The zero-order valence-electron chi connectivity index (χ0n) is 10.6. The Labute approximate surface area is 94.5 Å². The van der Waals surface area contributed by atoms with Crippen LogP contribution in [0.3, 0.4) is 0 Å². The highest BCUT2D eigenvalue weighted by Crippen LogP contribution is 2.34. The molecule has 0 radical (unpaired) electrons. The molecule has 1 aliphatic carbocycles. The third-order valence-electron chi connectivity index (χ3n) is 3.83. The minimum absolute atomic E-state index is 0.359. The van der Waals surface area contributed by atoms with Crippen LogP contribution in [0.25, 0.3) is 0 Å². The van der Waals surface area contributed by atoms with Crippen LogP contribution in [0.4, 0.5) is 0 Å². The topological polar surface area (TPSA) is 32.3 Å². The van der Waals surface area contributed by atoms with Crippen molar-refractivity contribution in [3.8, 4) is 0 Å². The first-order valence-corrected chi connectivity index (χ1v) is 6.49. The van der Waals surface area contributed by atoms with E-state index in [2.05, 4.69) is 19.2 Å². The van der Waals surface area contributed by atoms with Gasteiger partial charge in [-0.25, -0.2) is 0 Å². The second-order valence-electron chi connectivity index (χ2n) is 5.39. The highest BCUT2D eigenvalue weighted by atomic mass is 16.3. The molecule has 0 amide bonds. The summed E-state index contributed by atoms with van der Waals surface area (Å²) in [5.74, 6) is 0.672. The summed E-state index contributed by atoms with van der Waals surface area (Å²) in [6, 6.07) is 0.631. The molecule has 2 N–H and O–H groups in total. The molecule has 0 aromatic rings. The Morgan fingerprint density at radius 2 is 2.00 bits per heavy atom. The number of hydrogen-bond donors (Lipinski definition) is 2. The lowest BCUT2D eigenvalue weighted by Gasteiger charge is -2.37. The fourth-order valence-corrected chi connectivity index (χ4v) is 2.89. The molecule has 1 saturated carbocycles. The maximum Gasteiger partial charge on any atom is 0.0651 e. The van der Waals surface area contributed by atoms with Crippen molar-refractivity contribution in [1.29, 1.82) is 0 Å². The predicted octanol–water partition coefficient (Wildman–Crippen LogP) is 2.71. The summed E-state index contributed by atoms with van der Waals surface area (Å²) < 4.78 is 0. The molecular weight excluding hydrogens is 186 g/mol. The zero-order valence-corrected chi connectivity index (χ0v) is 10.6. The molecule has 0 bridgehead atoms. The normalized spacial score (nSPS) is 34.0. The number of rotatable bonds is 5. The van der Waals surface area contributed by atoms with Gasteiger partial charge >= 0.3 is 0 Å². The Kier molecular flexibility index (Phi) is 5.07. The maximum absolute atomic E-state index is 10.5. The lowest BCUT2D eigenvalue weighted by Crippen LogP contribution is -2.41. The van der Waals surface area contributed by atoms with E-state index in [1.165, 1.54) is 12.8 Å². The zero-order chi connectivity index (χ0) is 11.3. The van der Waals surface area contributed by atoms with Crippen molar-refractivity contribution in [2.45, 2.75) is 70.4 Å². The van der Waals surface area contributed by atoms with Crippen molar-refractivity contribution in [3.05, 3.63) is 0 Å². The van der Waals surface area contributed by atoms with Gasteiger partial charge in [-0.2, -0.15) is 0 Å². The van der Waals surface area contributed by atoms with Gasteiger partial charge in [0, 0.05) is 6.04 Å². The van der Waals surface area contributed by atoms with Crippen LogP contribution in [-0.2, 0) is 0 Å². The van der Waals surface area contributed by atoms with E-state index in [1.54, 1.807) is 0 Å². The molecular formula is C13H27NO. The van der Waals surface area contributed by atoms with Crippen molar-refractivity contribution in [3.63, 3.8) is 0 Å². The average molecular weight is 213 g/mol. The standard InChI is InChI=1S/C13H27NO/c1-4-5-11(2)10-13(15)8-6-12(14-3)7-9-13/h11-12,14-15H,4-10H2,1-3H3. The second-order valence-corrected chi connectivity index (χ2v) is 5.39. The van der Waals surface area contributed by atoms with Crippen molar-refractivity contribution in [2.75, 3.05) is 7.05 Å². The van der Waals surface area contributed by atoms with Gasteiger partial charge in [-0.05, 0) is 45.1 Å². The summed E-state index contributed by atoms with van der Waals surface area (Å²) in [4.78, 5) is 0. The molecule has 0 aliphatic heterocycles. The molecule has 2 nitrogen and oxygen atoms in total. The van der Waals surface area contributed by atoms with Crippen LogP contribution in [0.15, 0.2) is 0 Å². The summed E-state index contributed by atoms with van der Waals surface area (Å²) in [5.41, 5.74) is -0.359. The first-order chi connectivity index (χ1) is 7.09. The van der Waals surface area contributed by atoms with Gasteiger partial charge in [0.05, 0.1) is 5.60 Å². The molecule has 0 saturated heterocycles. The molecule has 0 aromatic carbocycles. The lowest BCUT2D eigenvalue weighted by atomic mass is 9.76. The second kappa shape index (κ2) is 5.86. The number of aliphatic hydroxyl groups is 1. The molecule has 2 heteroatoms. The SMILES string of the molecule is CCCC(C)CC1(O)CCC(NC)CC1. The Balaban J connectivity index is 2.34. The van der Waals surface area contributed by atoms with Gasteiger partial charge in [-0.1, -0.05) is 26.7 Å². The first kappa shape index (κ1) is 13.0. The Morgan fingerprint density at radius 3 is 2.47 bits per heavy atom. The Hall–Kier alpha value is -0.0800. The lowest BCUT2D eigenvalue weighted by molar-refractivity contribution is -0.0226. The van der Waals surface area contributed by atoms with Gasteiger partial charge in [-0.3, -0.25) is 0 Å². The van der Waals surface area contributed by atoms with Crippen LogP contribution in [0.1, 0.15) is 58.8 Å². The molecule has 15 heavy (non-hydrogen) atoms. The molecule has 0 spiro atoms. The van der Waals surface area contributed by atoms with Crippen LogP contribution in [0.5, 0.6) is 0 Å². The highest BCUT2D eigenvalue weighted by Gasteiger charge is 2.33. The van der Waals surface area contributed by atoms with Gasteiger partial charge < -0.3 is 10.4 Å². The van der Waals surface area contributed by atoms with E-state index in [0.717, 1.165) is 32.1 Å². The van der Waals surface area contributed by atoms with Gasteiger partial charge in [0.15, 0.2) is 0 Å². The number of nitrogens with one attached hydrogen (secondary N) is 1. The van der Waals surface area contributed by atoms with Gasteiger partial charge in [0.1, 0.15) is 0 Å². The predicted molar refractivity (Wildman–Crippen MR) is 65.0 cm³/mol. The molecule has 1 unspecified atom stereocenters. The van der Waals surface area contributed by atoms with Crippen LogP contribution in [0.2, 0.25) is 0 Å². The third-order valence-corrected chi connectivity index (χ3v) is 3.83. The molecule has 1 fully saturated rings. The molecule has 1 atom stereocenters. The van der Waals surface area contributed by atoms with Crippen LogP contribution in [-0.4, -0.2) is 23.8 Å². The molecule has 0 aromatic heterocycles.